The smallest absolute Gasteiger partial charge is 0.0334 e. The van der Waals surface area contributed by atoms with Gasteiger partial charge in [0.25, 0.3) is 0 Å². The third-order valence-corrected chi connectivity index (χ3v) is 4.93. The van der Waals surface area contributed by atoms with Crippen LogP contribution < -0.4 is 5.32 Å². The lowest BCUT2D eigenvalue weighted by molar-refractivity contribution is 0.497. The quantitative estimate of drug-likeness (QED) is 0.523. The Labute approximate surface area is 149 Å². The summed E-state index contributed by atoms with van der Waals surface area (Å²) in [5.41, 5.74) is 2.77. The molecule has 0 saturated heterocycles. The molecule has 0 fully saturated rings. The van der Waals surface area contributed by atoms with E-state index in [4.69, 9.17) is 0 Å². The first-order chi connectivity index (χ1) is 10.2. The monoisotopic (exact) mass is 457 g/mol. The van der Waals surface area contributed by atoms with Gasteiger partial charge in [-0.25, -0.2) is 0 Å². The van der Waals surface area contributed by atoms with E-state index < -0.39 is 0 Å². The summed E-state index contributed by atoms with van der Waals surface area (Å²) < 4.78 is 2.48. The van der Waals surface area contributed by atoms with Crippen LogP contribution in [0.15, 0.2) is 53.0 Å². The minimum Gasteiger partial charge on any atom is -0.310 e. The molecule has 0 amide bonds. The summed E-state index contributed by atoms with van der Waals surface area (Å²) in [6, 6.07) is 17.7. The van der Waals surface area contributed by atoms with Crippen LogP contribution in [0.2, 0.25) is 0 Å². The van der Waals surface area contributed by atoms with Gasteiger partial charge in [0.2, 0.25) is 0 Å². The van der Waals surface area contributed by atoms with Crippen LogP contribution in [0.4, 0.5) is 0 Å². The molecule has 1 unspecified atom stereocenters. The van der Waals surface area contributed by atoms with Gasteiger partial charge < -0.3 is 5.32 Å². The summed E-state index contributed by atoms with van der Waals surface area (Å²) in [6.07, 6.45) is 3.37. The molecule has 0 aliphatic rings. The lowest BCUT2D eigenvalue weighted by Gasteiger charge is -2.21. The highest BCUT2D eigenvalue weighted by molar-refractivity contribution is 14.1. The normalized spacial score (nSPS) is 12.3. The van der Waals surface area contributed by atoms with Crippen molar-refractivity contribution in [3.8, 4) is 0 Å². The molecule has 2 aromatic rings. The van der Waals surface area contributed by atoms with Crippen LogP contribution in [0, 0.1) is 3.57 Å². The third-order valence-electron chi connectivity index (χ3n) is 3.54. The molecule has 2 aromatic carbocycles. The molecule has 0 aliphatic heterocycles. The molecule has 0 aliphatic carbocycles. The SMILES string of the molecule is CCCNC(CCc1ccccc1)c1cc(I)ccc1Br. The Morgan fingerprint density at radius 3 is 2.62 bits per heavy atom. The van der Waals surface area contributed by atoms with Gasteiger partial charge in [-0.15, -0.1) is 0 Å². The van der Waals surface area contributed by atoms with Crippen LogP contribution in [0.25, 0.3) is 0 Å². The van der Waals surface area contributed by atoms with E-state index in [0.717, 1.165) is 25.8 Å². The molecule has 21 heavy (non-hydrogen) atoms. The summed E-state index contributed by atoms with van der Waals surface area (Å²) in [5, 5.41) is 3.69. The zero-order valence-electron chi connectivity index (χ0n) is 12.3. The number of rotatable bonds is 7. The molecule has 3 heteroatoms. The summed E-state index contributed by atoms with van der Waals surface area (Å²) >= 11 is 6.09. The first-order valence-electron chi connectivity index (χ1n) is 7.43. The number of hydrogen-bond acceptors (Lipinski definition) is 1. The number of benzene rings is 2. The minimum absolute atomic E-state index is 0.397. The fraction of sp³-hybridized carbons (Fsp3) is 0.333. The van der Waals surface area contributed by atoms with Crippen molar-refractivity contribution in [1.82, 2.24) is 5.32 Å². The van der Waals surface area contributed by atoms with Gasteiger partial charge in [0, 0.05) is 14.1 Å². The molecule has 0 bridgehead atoms. The van der Waals surface area contributed by atoms with Crippen molar-refractivity contribution in [1.29, 1.82) is 0 Å². The fourth-order valence-electron chi connectivity index (χ4n) is 2.42. The van der Waals surface area contributed by atoms with Crippen LogP contribution in [0.3, 0.4) is 0 Å². The van der Waals surface area contributed by atoms with E-state index in [1.165, 1.54) is 19.2 Å². The highest BCUT2D eigenvalue weighted by atomic mass is 127. The van der Waals surface area contributed by atoms with Crippen LogP contribution in [-0.4, -0.2) is 6.54 Å². The molecular formula is C18H21BrIN. The second-order valence-corrected chi connectivity index (χ2v) is 7.30. The number of hydrogen-bond donors (Lipinski definition) is 1. The fourth-order valence-corrected chi connectivity index (χ4v) is 3.46. The van der Waals surface area contributed by atoms with E-state index in [2.05, 4.69) is 99.3 Å². The Morgan fingerprint density at radius 1 is 1.14 bits per heavy atom. The van der Waals surface area contributed by atoms with Gasteiger partial charge >= 0.3 is 0 Å². The zero-order valence-corrected chi connectivity index (χ0v) is 16.0. The van der Waals surface area contributed by atoms with Crippen molar-refractivity contribution in [2.24, 2.45) is 0 Å². The van der Waals surface area contributed by atoms with Crippen molar-refractivity contribution in [2.45, 2.75) is 32.2 Å². The predicted molar refractivity (Wildman–Crippen MR) is 103 cm³/mol. The molecule has 0 spiro atoms. The molecule has 1 nitrogen and oxygen atoms in total. The van der Waals surface area contributed by atoms with Gasteiger partial charge in [0.15, 0.2) is 0 Å². The first-order valence-corrected chi connectivity index (χ1v) is 9.30. The minimum atomic E-state index is 0.397. The Morgan fingerprint density at radius 2 is 1.90 bits per heavy atom. The highest BCUT2D eigenvalue weighted by Crippen LogP contribution is 2.28. The lowest BCUT2D eigenvalue weighted by Crippen LogP contribution is -2.23. The Balaban J connectivity index is 2.12. The van der Waals surface area contributed by atoms with E-state index >= 15 is 0 Å². The maximum Gasteiger partial charge on any atom is 0.0334 e. The van der Waals surface area contributed by atoms with Crippen molar-refractivity contribution in [3.63, 3.8) is 0 Å². The molecule has 1 atom stereocenters. The number of halogens is 2. The first kappa shape index (κ1) is 17.0. The highest BCUT2D eigenvalue weighted by Gasteiger charge is 2.14. The zero-order chi connectivity index (χ0) is 15.1. The molecule has 1 N–H and O–H groups in total. The number of aryl methyl sites for hydroxylation is 1. The van der Waals surface area contributed by atoms with Gasteiger partial charge in [-0.1, -0.05) is 53.2 Å². The van der Waals surface area contributed by atoms with Gasteiger partial charge in [-0.2, -0.15) is 0 Å². The lowest BCUT2D eigenvalue weighted by atomic mass is 9.99. The Bertz CT molecular complexity index is 556. The van der Waals surface area contributed by atoms with E-state index in [0.29, 0.717) is 6.04 Å². The Hall–Kier alpha value is -0.390. The van der Waals surface area contributed by atoms with E-state index in [1.807, 2.05) is 0 Å². The van der Waals surface area contributed by atoms with Crippen molar-refractivity contribution < 1.29 is 0 Å². The van der Waals surface area contributed by atoms with Gasteiger partial charge in [0.05, 0.1) is 0 Å². The maximum absolute atomic E-state index is 3.71. The predicted octanol–water partition coefficient (Wildman–Crippen LogP) is 5.73. The Kier molecular flexibility index (Phi) is 7.20. The van der Waals surface area contributed by atoms with Gasteiger partial charge in [-0.05, 0) is 77.7 Å². The summed E-state index contributed by atoms with van der Waals surface area (Å²) in [4.78, 5) is 0. The third kappa shape index (κ3) is 5.38. The van der Waals surface area contributed by atoms with Crippen LogP contribution in [-0.2, 0) is 6.42 Å². The molecule has 0 aromatic heterocycles. The van der Waals surface area contributed by atoms with E-state index in [1.54, 1.807) is 0 Å². The standard InChI is InChI=1S/C18H21BrIN/c1-2-12-21-18(11-8-14-6-4-3-5-7-14)16-13-15(20)9-10-17(16)19/h3-7,9-10,13,18,21H,2,8,11-12H2,1H3. The van der Waals surface area contributed by atoms with Crippen molar-refractivity contribution in [3.05, 3.63) is 67.7 Å². The van der Waals surface area contributed by atoms with E-state index in [9.17, 15) is 0 Å². The molecule has 2 rings (SSSR count). The van der Waals surface area contributed by atoms with Crippen molar-refractivity contribution >= 4 is 38.5 Å². The summed E-state index contributed by atoms with van der Waals surface area (Å²) in [7, 11) is 0. The van der Waals surface area contributed by atoms with E-state index in [-0.39, 0.29) is 0 Å². The molecule has 0 saturated carbocycles. The second kappa shape index (κ2) is 8.91. The largest absolute Gasteiger partial charge is 0.310 e. The maximum atomic E-state index is 3.71. The van der Waals surface area contributed by atoms with Gasteiger partial charge in [-0.3, -0.25) is 0 Å². The summed E-state index contributed by atoms with van der Waals surface area (Å²) in [5.74, 6) is 0. The molecule has 0 heterocycles. The average Bonchev–Trinajstić information content (AvgIpc) is 2.51. The summed E-state index contributed by atoms with van der Waals surface area (Å²) in [6.45, 7) is 3.27. The molecule has 112 valence electrons. The van der Waals surface area contributed by atoms with Crippen LogP contribution in [0.1, 0.15) is 36.9 Å². The van der Waals surface area contributed by atoms with Gasteiger partial charge in [0.1, 0.15) is 0 Å². The molecule has 0 radical (unpaired) electrons. The molecular weight excluding hydrogens is 437 g/mol. The average molecular weight is 458 g/mol. The second-order valence-electron chi connectivity index (χ2n) is 5.20. The van der Waals surface area contributed by atoms with Crippen molar-refractivity contribution in [2.75, 3.05) is 6.54 Å². The number of nitrogens with one attached hydrogen (secondary N) is 1. The van der Waals surface area contributed by atoms with Crippen LogP contribution >= 0.6 is 38.5 Å². The topological polar surface area (TPSA) is 12.0 Å². The van der Waals surface area contributed by atoms with Crippen LogP contribution in [0.5, 0.6) is 0 Å².